The molecule has 0 aliphatic heterocycles. The van der Waals surface area contributed by atoms with Crippen LogP contribution in [0.2, 0.25) is 0 Å². The van der Waals surface area contributed by atoms with Crippen LogP contribution in [0.4, 0.5) is 0 Å². The zero-order valence-corrected chi connectivity index (χ0v) is 14.6. The normalized spacial score (nSPS) is 11.5. The molecule has 3 aromatic rings. The summed E-state index contributed by atoms with van der Waals surface area (Å²) in [5.74, 6) is 0.189. The zero-order chi connectivity index (χ0) is 18.5. The first-order valence-electron chi connectivity index (χ1n) is 8.25. The minimum Gasteiger partial charge on any atom is -0.423 e. The highest BCUT2D eigenvalue weighted by atomic mass is 16.5. The van der Waals surface area contributed by atoms with E-state index < -0.39 is 11.9 Å². The average Bonchev–Trinajstić information content (AvgIpc) is 2.60. The van der Waals surface area contributed by atoms with Crippen LogP contribution in [0, 0.1) is 0 Å². The molecule has 0 N–H and O–H groups in total. The second-order valence-corrected chi connectivity index (χ2v) is 5.71. The summed E-state index contributed by atoms with van der Waals surface area (Å²) < 4.78 is 10.5. The van der Waals surface area contributed by atoms with Crippen molar-refractivity contribution in [1.82, 2.24) is 0 Å². The summed E-state index contributed by atoms with van der Waals surface area (Å²) in [4.78, 5) is 23.2. The SMILES string of the molecule is CC=CC(=O)Oc1ccc2cc3cc(OC(=O)C=CC)ccc3cc2c1. The van der Waals surface area contributed by atoms with Crippen molar-refractivity contribution in [2.45, 2.75) is 13.8 Å². The number of carbonyl (C=O) groups is 2. The number of esters is 2. The second-order valence-electron chi connectivity index (χ2n) is 5.71. The number of carbonyl (C=O) groups excluding carboxylic acids is 2. The van der Waals surface area contributed by atoms with Gasteiger partial charge in [-0.1, -0.05) is 24.3 Å². The van der Waals surface area contributed by atoms with Crippen molar-refractivity contribution in [2.75, 3.05) is 0 Å². The van der Waals surface area contributed by atoms with E-state index in [0.29, 0.717) is 11.5 Å². The molecule has 0 heterocycles. The molecule has 0 radical (unpaired) electrons. The summed E-state index contributed by atoms with van der Waals surface area (Å²) in [7, 11) is 0. The van der Waals surface area contributed by atoms with Crippen molar-refractivity contribution in [3.8, 4) is 11.5 Å². The maximum absolute atomic E-state index is 11.6. The minimum absolute atomic E-state index is 0.403. The summed E-state index contributed by atoms with van der Waals surface area (Å²) in [5, 5.41) is 3.92. The Balaban J connectivity index is 1.94. The Morgan fingerprint density at radius 1 is 0.654 bits per heavy atom. The first-order chi connectivity index (χ1) is 12.6. The highest BCUT2D eigenvalue weighted by Gasteiger charge is 2.06. The monoisotopic (exact) mass is 346 g/mol. The molecule has 0 aliphatic carbocycles. The fourth-order valence-corrected chi connectivity index (χ4v) is 2.65. The molecule has 0 aromatic heterocycles. The third-order valence-corrected chi connectivity index (χ3v) is 3.78. The van der Waals surface area contributed by atoms with Crippen molar-refractivity contribution < 1.29 is 19.1 Å². The number of fused-ring (bicyclic) bond motifs is 2. The summed E-state index contributed by atoms with van der Waals surface area (Å²) in [6.07, 6.45) is 6.03. The predicted molar refractivity (Wildman–Crippen MR) is 102 cm³/mol. The van der Waals surface area contributed by atoms with E-state index in [1.54, 1.807) is 38.1 Å². The van der Waals surface area contributed by atoms with Gasteiger partial charge in [-0.25, -0.2) is 9.59 Å². The highest BCUT2D eigenvalue weighted by Crippen LogP contribution is 2.28. The average molecular weight is 346 g/mol. The Hall–Kier alpha value is -3.40. The van der Waals surface area contributed by atoms with E-state index >= 15 is 0 Å². The fourth-order valence-electron chi connectivity index (χ4n) is 2.65. The maximum Gasteiger partial charge on any atom is 0.335 e. The van der Waals surface area contributed by atoms with Crippen LogP contribution >= 0.6 is 0 Å². The molecule has 0 unspecified atom stereocenters. The van der Waals surface area contributed by atoms with Crippen LogP contribution in [0.1, 0.15) is 13.8 Å². The molecular formula is C22H18O4. The Kier molecular flexibility index (Phi) is 5.13. The van der Waals surface area contributed by atoms with Gasteiger partial charge in [-0.15, -0.1) is 0 Å². The van der Waals surface area contributed by atoms with E-state index in [2.05, 4.69) is 0 Å². The van der Waals surface area contributed by atoms with E-state index in [0.717, 1.165) is 21.5 Å². The van der Waals surface area contributed by atoms with Crippen LogP contribution in [0.15, 0.2) is 72.8 Å². The largest absolute Gasteiger partial charge is 0.423 e. The molecular weight excluding hydrogens is 328 g/mol. The van der Waals surface area contributed by atoms with Gasteiger partial charge in [-0.3, -0.25) is 0 Å². The molecule has 0 fully saturated rings. The number of benzene rings is 3. The molecule has 130 valence electrons. The highest BCUT2D eigenvalue weighted by molar-refractivity contribution is 5.99. The molecule has 0 saturated carbocycles. The van der Waals surface area contributed by atoms with Gasteiger partial charge in [0.1, 0.15) is 11.5 Å². The molecule has 3 rings (SSSR count). The lowest BCUT2D eigenvalue weighted by molar-refractivity contribution is -0.129. The Morgan fingerprint density at radius 2 is 1.08 bits per heavy atom. The van der Waals surface area contributed by atoms with E-state index in [4.69, 9.17) is 9.47 Å². The number of allylic oxidation sites excluding steroid dienone is 2. The molecule has 0 spiro atoms. The lowest BCUT2D eigenvalue weighted by atomic mass is 10.0. The first-order valence-corrected chi connectivity index (χ1v) is 8.25. The van der Waals surface area contributed by atoms with Gasteiger partial charge < -0.3 is 9.47 Å². The predicted octanol–water partition coefficient (Wildman–Crippen LogP) is 4.96. The first kappa shape index (κ1) is 17.4. The van der Waals surface area contributed by atoms with Crippen LogP contribution in [-0.4, -0.2) is 11.9 Å². The fraction of sp³-hybridized carbons (Fsp3) is 0.0909. The van der Waals surface area contributed by atoms with Gasteiger partial charge in [0.15, 0.2) is 0 Å². The topological polar surface area (TPSA) is 52.6 Å². The number of ether oxygens (including phenoxy) is 2. The second kappa shape index (κ2) is 7.66. The molecule has 3 aromatic carbocycles. The quantitative estimate of drug-likeness (QED) is 0.290. The number of rotatable bonds is 4. The van der Waals surface area contributed by atoms with Crippen molar-refractivity contribution in [3.05, 3.63) is 72.8 Å². The molecule has 4 heteroatoms. The molecule has 0 amide bonds. The van der Waals surface area contributed by atoms with Gasteiger partial charge in [-0.05, 0) is 71.8 Å². The third kappa shape index (κ3) is 3.98. The van der Waals surface area contributed by atoms with Crippen LogP contribution in [0.5, 0.6) is 11.5 Å². The van der Waals surface area contributed by atoms with Crippen LogP contribution in [-0.2, 0) is 9.59 Å². The summed E-state index contributed by atoms with van der Waals surface area (Å²) in [5.41, 5.74) is 0. The Morgan fingerprint density at radius 3 is 1.46 bits per heavy atom. The van der Waals surface area contributed by atoms with Gasteiger partial charge in [-0.2, -0.15) is 0 Å². The van der Waals surface area contributed by atoms with Gasteiger partial charge in [0, 0.05) is 12.2 Å². The van der Waals surface area contributed by atoms with Gasteiger partial charge >= 0.3 is 11.9 Å². The Bertz CT molecular complexity index is 959. The van der Waals surface area contributed by atoms with Gasteiger partial charge in [0.2, 0.25) is 0 Å². The Labute approximate surface area is 151 Å². The van der Waals surface area contributed by atoms with E-state index in [1.165, 1.54) is 12.2 Å². The number of hydrogen-bond donors (Lipinski definition) is 0. The van der Waals surface area contributed by atoms with E-state index in [-0.39, 0.29) is 0 Å². The zero-order valence-electron chi connectivity index (χ0n) is 14.6. The van der Waals surface area contributed by atoms with Gasteiger partial charge in [0.05, 0.1) is 0 Å². The lowest BCUT2D eigenvalue weighted by Gasteiger charge is -2.07. The van der Waals surface area contributed by atoms with Crippen molar-refractivity contribution in [2.24, 2.45) is 0 Å². The molecule has 4 nitrogen and oxygen atoms in total. The molecule has 0 atom stereocenters. The molecule has 26 heavy (non-hydrogen) atoms. The molecule has 0 aliphatic rings. The molecule has 0 saturated heterocycles. The van der Waals surface area contributed by atoms with E-state index in [1.807, 2.05) is 36.4 Å². The number of hydrogen-bond acceptors (Lipinski definition) is 4. The van der Waals surface area contributed by atoms with Crippen molar-refractivity contribution >= 4 is 33.5 Å². The van der Waals surface area contributed by atoms with Crippen molar-refractivity contribution in [3.63, 3.8) is 0 Å². The third-order valence-electron chi connectivity index (χ3n) is 3.78. The van der Waals surface area contributed by atoms with Gasteiger partial charge in [0.25, 0.3) is 0 Å². The maximum atomic E-state index is 11.6. The standard InChI is InChI=1S/C22H18O4/c1-3-5-21(23)25-19-9-7-15-12-18-14-20(26-22(24)6-4-2)10-8-16(18)11-17(15)13-19/h3-14H,1-2H3. The smallest absolute Gasteiger partial charge is 0.335 e. The summed E-state index contributed by atoms with van der Waals surface area (Å²) >= 11 is 0. The van der Waals surface area contributed by atoms with Crippen LogP contribution in [0.3, 0.4) is 0 Å². The summed E-state index contributed by atoms with van der Waals surface area (Å²) in [6.45, 7) is 3.52. The molecule has 0 bridgehead atoms. The summed E-state index contributed by atoms with van der Waals surface area (Å²) in [6, 6.07) is 15.0. The van der Waals surface area contributed by atoms with Crippen LogP contribution in [0.25, 0.3) is 21.5 Å². The minimum atomic E-state index is -0.403. The lowest BCUT2D eigenvalue weighted by Crippen LogP contribution is -2.03. The van der Waals surface area contributed by atoms with Crippen LogP contribution < -0.4 is 9.47 Å². The van der Waals surface area contributed by atoms with Crippen molar-refractivity contribution in [1.29, 1.82) is 0 Å². The van der Waals surface area contributed by atoms with E-state index in [9.17, 15) is 9.59 Å².